The summed E-state index contributed by atoms with van der Waals surface area (Å²) in [5, 5.41) is 7.13. The van der Waals surface area contributed by atoms with E-state index in [1.807, 2.05) is 24.3 Å². The number of thiocarbonyl (C=S) groups is 1. The number of nitrogens with one attached hydrogen (secondary N) is 2. The van der Waals surface area contributed by atoms with Crippen molar-refractivity contribution in [3.05, 3.63) is 24.3 Å². The zero-order valence-electron chi connectivity index (χ0n) is 14.0. The highest BCUT2D eigenvalue weighted by Gasteiger charge is 1.98. The number of hydrogen-bond donors (Lipinski definition) is 2. The van der Waals surface area contributed by atoms with Crippen LogP contribution in [-0.4, -0.2) is 18.8 Å². The summed E-state index contributed by atoms with van der Waals surface area (Å²) in [7, 11) is 1.67. The lowest BCUT2D eigenvalue weighted by Gasteiger charge is -2.11. The normalized spacial score (nSPS) is 10.3. The minimum Gasteiger partial charge on any atom is -0.497 e. The third-order valence-corrected chi connectivity index (χ3v) is 3.91. The molecule has 0 aliphatic carbocycles. The topological polar surface area (TPSA) is 33.3 Å². The van der Waals surface area contributed by atoms with Gasteiger partial charge >= 0.3 is 0 Å². The molecule has 0 saturated heterocycles. The first-order valence-corrected chi connectivity index (χ1v) is 8.86. The van der Waals surface area contributed by atoms with Gasteiger partial charge in [-0.2, -0.15) is 0 Å². The predicted molar refractivity (Wildman–Crippen MR) is 99.8 cm³/mol. The van der Waals surface area contributed by atoms with E-state index >= 15 is 0 Å². The lowest BCUT2D eigenvalue weighted by molar-refractivity contribution is 0.415. The maximum atomic E-state index is 5.29. The second-order valence-corrected chi connectivity index (χ2v) is 5.99. The molecule has 2 N–H and O–H groups in total. The first-order chi connectivity index (χ1) is 10.8. The van der Waals surface area contributed by atoms with Crippen LogP contribution < -0.4 is 15.4 Å². The molecule has 124 valence electrons. The Hall–Kier alpha value is -1.29. The van der Waals surface area contributed by atoms with Gasteiger partial charge in [-0.3, -0.25) is 0 Å². The van der Waals surface area contributed by atoms with E-state index in [9.17, 15) is 0 Å². The van der Waals surface area contributed by atoms with Crippen LogP contribution in [0.4, 0.5) is 5.69 Å². The van der Waals surface area contributed by atoms with Gasteiger partial charge in [0.15, 0.2) is 5.11 Å². The molecular weight excluding hydrogens is 292 g/mol. The number of rotatable bonds is 11. The SMILES string of the molecule is CCCCCCCCCCNC(=S)Nc1ccc(OC)cc1. The highest BCUT2D eigenvalue weighted by molar-refractivity contribution is 7.80. The summed E-state index contributed by atoms with van der Waals surface area (Å²) in [6, 6.07) is 7.76. The standard InChI is InChI=1S/C18H30N2OS/c1-3-4-5-6-7-8-9-10-15-19-18(22)20-16-11-13-17(21-2)14-12-16/h11-14H,3-10,15H2,1-2H3,(H2,19,20,22). The molecule has 0 amide bonds. The molecule has 0 heterocycles. The molecule has 0 aliphatic heterocycles. The molecule has 1 rings (SSSR count). The zero-order chi connectivity index (χ0) is 16.0. The monoisotopic (exact) mass is 322 g/mol. The van der Waals surface area contributed by atoms with E-state index in [1.165, 1.54) is 51.4 Å². The lowest BCUT2D eigenvalue weighted by Crippen LogP contribution is -2.29. The molecule has 0 aliphatic rings. The molecule has 4 heteroatoms. The van der Waals surface area contributed by atoms with E-state index in [1.54, 1.807) is 7.11 Å². The summed E-state index contributed by atoms with van der Waals surface area (Å²) in [5.41, 5.74) is 0.981. The van der Waals surface area contributed by atoms with Crippen molar-refractivity contribution in [1.82, 2.24) is 5.32 Å². The number of ether oxygens (including phenoxy) is 1. The van der Waals surface area contributed by atoms with Crippen molar-refractivity contribution in [3.63, 3.8) is 0 Å². The number of benzene rings is 1. The first kappa shape index (κ1) is 18.8. The van der Waals surface area contributed by atoms with Gasteiger partial charge in [0.2, 0.25) is 0 Å². The summed E-state index contributed by atoms with van der Waals surface area (Å²) in [6.45, 7) is 3.20. The Morgan fingerprint density at radius 2 is 1.55 bits per heavy atom. The summed E-state index contributed by atoms with van der Waals surface area (Å²) in [6.07, 6.45) is 10.7. The molecule has 3 nitrogen and oxygen atoms in total. The molecule has 0 saturated carbocycles. The van der Waals surface area contributed by atoms with Crippen LogP contribution in [0.3, 0.4) is 0 Å². The molecule has 0 bridgehead atoms. The molecule has 0 unspecified atom stereocenters. The number of hydrogen-bond acceptors (Lipinski definition) is 2. The van der Waals surface area contributed by atoms with Gasteiger partial charge in [0.05, 0.1) is 7.11 Å². The highest BCUT2D eigenvalue weighted by Crippen LogP contribution is 2.14. The Bertz CT molecular complexity index is 406. The van der Waals surface area contributed by atoms with Gasteiger partial charge in [-0.1, -0.05) is 51.9 Å². The van der Waals surface area contributed by atoms with Crippen molar-refractivity contribution < 1.29 is 4.74 Å². The van der Waals surface area contributed by atoms with E-state index in [4.69, 9.17) is 17.0 Å². The smallest absolute Gasteiger partial charge is 0.170 e. The third-order valence-electron chi connectivity index (χ3n) is 3.66. The van der Waals surface area contributed by atoms with E-state index in [2.05, 4.69) is 17.6 Å². The van der Waals surface area contributed by atoms with Crippen LogP contribution in [-0.2, 0) is 0 Å². The number of anilines is 1. The minimum absolute atomic E-state index is 0.688. The Morgan fingerprint density at radius 3 is 2.14 bits per heavy atom. The van der Waals surface area contributed by atoms with Gasteiger partial charge in [0, 0.05) is 12.2 Å². The Kier molecular flexibility index (Phi) is 10.5. The summed E-state index contributed by atoms with van der Waals surface area (Å²) >= 11 is 5.29. The van der Waals surface area contributed by atoms with Crippen LogP contribution in [0.5, 0.6) is 5.75 Å². The van der Waals surface area contributed by atoms with Crippen LogP contribution in [0.25, 0.3) is 0 Å². The average Bonchev–Trinajstić information content (AvgIpc) is 2.54. The van der Waals surface area contributed by atoms with Gasteiger partial charge < -0.3 is 15.4 Å². The average molecular weight is 323 g/mol. The summed E-state index contributed by atoms with van der Waals surface area (Å²) in [4.78, 5) is 0. The first-order valence-electron chi connectivity index (χ1n) is 8.45. The molecule has 0 atom stereocenters. The molecule has 0 spiro atoms. The fraction of sp³-hybridized carbons (Fsp3) is 0.611. The van der Waals surface area contributed by atoms with Crippen molar-refractivity contribution in [2.45, 2.75) is 58.3 Å². The molecule has 0 aromatic heterocycles. The van der Waals surface area contributed by atoms with Crippen molar-refractivity contribution in [2.24, 2.45) is 0 Å². The Balaban J connectivity index is 2.01. The third kappa shape index (κ3) is 8.88. The maximum Gasteiger partial charge on any atom is 0.170 e. The van der Waals surface area contributed by atoms with Gasteiger partial charge in [0.1, 0.15) is 5.75 Å². The van der Waals surface area contributed by atoms with Crippen molar-refractivity contribution in [2.75, 3.05) is 19.0 Å². The van der Waals surface area contributed by atoms with E-state index < -0.39 is 0 Å². The molecule has 0 fully saturated rings. The van der Waals surface area contributed by atoms with E-state index in [0.717, 1.165) is 18.0 Å². The summed E-state index contributed by atoms with van der Waals surface area (Å²) < 4.78 is 5.13. The van der Waals surface area contributed by atoms with Crippen LogP contribution in [0.1, 0.15) is 58.3 Å². The van der Waals surface area contributed by atoms with Gasteiger partial charge in [0.25, 0.3) is 0 Å². The Morgan fingerprint density at radius 1 is 0.955 bits per heavy atom. The van der Waals surface area contributed by atoms with Crippen molar-refractivity contribution >= 4 is 23.0 Å². The number of unbranched alkanes of at least 4 members (excludes halogenated alkanes) is 7. The quantitative estimate of drug-likeness (QED) is 0.437. The lowest BCUT2D eigenvalue weighted by atomic mass is 10.1. The van der Waals surface area contributed by atoms with Crippen molar-refractivity contribution in [1.29, 1.82) is 0 Å². The molecule has 22 heavy (non-hydrogen) atoms. The van der Waals surface area contributed by atoms with Gasteiger partial charge in [-0.25, -0.2) is 0 Å². The Labute approximate surface area is 140 Å². The second-order valence-electron chi connectivity index (χ2n) is 5.58. The van der Waals surface area contributed by atoms with Gasteiger partial charge in [-0.05, 0) is 42.9 Å². The molecule has 1 aromatic rings. The van der Waals surface area contributed by atoms with Crippen LogP contribution in [0, 0.1) is 0 Å². The highest BCUT2D eigenvalue weighted by atomic mass is 32.1. The summed E-state index contributed by atoms with van der Waals surface area (Å²) in [5.74, 6) is 0.850. The minimum atomic E-state index is 0.688. The van der Waals surface area contributed by atoms with Crippen LogP contribution in [0.2, 0.25) is 0 Å². The van der Waals surface area contributed by atoms with Crippen LogP contribution in [0.15, 0.2) is 24.3 Å². The molecular formula is C18H30N2OS. The van der Waals surface area contributed by atoms with Gasteiger partial charge in [-0.15, -0.1) is 0 Å². The fourth-order valence-corrected chi connectivity index (χ4v) is 2.53. The molecule has 1 aromatic carbocycles. The van der Waals surface area contributed by atoms with Crippen molar-refractivity contribution in [3.8, 4) is 5.75 Å². The second kappa shape index (κ2) is 12.3. The fourth-order valence-electron chi connectivity index (χ4n) is 2.31. The zero-order valence-corrected chi connectivity index (χ0v) is 14.8. The largest absolute Gasteiger partial charge is 0.497 e. The van der Waals surface area contributed by atoms with Crippen LogP contribution >= 0.6 is 12.2 Å². The molecule has 0 radical (unpaired) electrons. The maximum absolute atomic E-state index is 5.29. The van der Waals surface area contributed by atoms with E-state index in [0.29, 0.717) is 5.11 Å². The predicted octanol–water partition coefficient (Wildman–Crippen LogP) is 5.12. The van der Waals surface area contributed by atoms with E-state index in [-0.39, 0.29) is 0 Å². The number of methoxy groups -OCH3 is 1.